The number of hydrogen-bond acceptors (Lipinski definition) is 2. The van der Waals surface area contributed by atoms with Gasteiger partial charge in [-0.1, -0.05) is 36.4 Å². The highest BCUT2D eigenvalue weighted by atomic mass is 19.4. The van der Waals surface area contributed by atoms with Gasteiger partial charge in [0.25, 0.3) is 0 Å². The standard InChI is InChI=1S/C22H18F3N3O/c23-22(24,25)16-6-1-4-14(12-16)17-7-2-8-19-18(17)9-11-28(21(26)29)20(19)15-5-3-10-27-13-15/h1-8,10,12-13,20H,9,11H2,(H2,26,29). The van der Waals surface area contributed by atoms with E-state index < -0.39 is 23.8 Å². The van der Waals surface area contributed by atoms with Gasteiger partial charge in [0.1, 0.15) is 0 Å². The van der Waals surface area contributed by atoms with Gasteiger partial charge in [0.2, 0.25) is 0 Å². The third kappa shape index (κ3) is 3.55. The summed E-state index contributed by atoms with van der Waals surface area (Å²) in [6, 6.07) is 13.5. The van der Waals surface area contributed by atoms with Crippen molar-refractivity contribution in [2.75, 3.05) is 6.54 Å². The van der Waals surface area contributed by atoms with E-state index in [-0.39, 0.29) is 0 Å². The third-order valence-electron chi connectivity index (χ3n) is 5.21. The maximum absolute atomic E-state index is 13.2. The molecule has 29 heavy (non-hydrogen) atoms. The van der Waals surface area contributed by atoms with Gasteiger partial charge in [-0.2, -0.15) is 13.2 Å². The lowest BCUT2D eigenvalue weighted by Crippen LogP contribution is -2.43. The number of aromatic nitrogens is 1. The van der Waals surface area contributed by atoms with Crippen molar-refractivity contribution >= 4 is 6.03 Å². The molecule has 3 aromatic rings. The number of nitrogens with zero attached hydrogens (tertiary/aromatic N) is 2. The van der Waals surface area contributed by atoms with Gasteiger partial charge in [0.15, 0.2) is 0 Å². The van der Waals surface area contributed by atoms with Crippen LogP contribution >= 0.6 is 0 Å². The lowest BCUT2D eigenvalue weighted by Gasteiger charge is -2.37. The summed E-state index contributed by atoms with van der Waals surface area (Å²) in [5, 5.41) is 0. The van der Waals surface area contributed by atoms with Gasteiger partial charge >= 0.3 is 12.2 Å². The number of hydrogen-bond donors (Lipinski definition) is 1. The molecule has 4 nitrogen and oxygen atoms in total. The average molecular weight is 397 g/mol. The van der Waals surface area contributed by atoms with Crippen LogP contribution in [0.3, 0.4) is 0 Å². The number of halogens is 3. The molecule has 4 rings (SSSR count). The molecule has 148 valence electrons. The van der Waals surface area contributed by atoms with Crippen molar-refractivity contribution in [3.05, 3.63) is 89.2 Å². The zero-order chi connectivity index (χ0) is 20.6. The number of urea groups is 1. The predicted molar refractivity (Wildman–Crippen MR) is 103 cm³/mol. The molecule has 1 atom stereocenters. The highest BCUT2D eigenvalue weighted by molar-refractivity contribution is 5.76. The molecule has 0 saturated carbocycles. The summed E-state index contributed by atoms with van der Waals surface area (Å²) in [7, 11) is 0. The first-order chi connectivity index (χ1) is 13.9. The van der Waals surface area contributed by atoms with Gasteiger partial charge in [-0.25, -0.2) is 4.79 Å². The maximum atomic E-state index is 13.2. The average Bonchev–Trinajstić information content (AvgIpc) is 2.72. The third-order valence-corrected chi connectivity index (χ3v) is 5.21. The summed E-state index contributed by atoms with van der Waals surface area (Å²) in [5.74, 6) is 0. The summed E-state index contributed by atoms with van der Waals surface area (Å²) in [6.07, 6.45) is -0.596. The number of carbonyl (C=O) groups is 1. The van der Waals surface area contributed by atoms with Crippen LogP contribution in [0.5, 0.6) is 0 Å². The first kappa shape index (κ1) is 19.0. The number of nitrogens with two attached hydrogens (primary N) is 1. The van der Waals surface area contributed by atoms with E-state index >= 15 is 0 Å². The molecule has 2 heterocycles. The Morgan fingerprint density at radius 3 is 2.59 bits per heavy atom. The minimum absolute atomic E-state index is 0.373. The van der Waals surface area contributed by atoms with E-state index in [0.717, 1.165) is 34.4 Å². The van der Waals surface area contributed by atoms with Crippen molar-refractivity contribution in [3.8, 4) is 11.1 Å². The quantitative estimate of drug-likeness (QED) is 0.676. The minimum atomic E-state index is -4.41. The van der Waals surface area contributed by atoms with E-state index in [4.69, 9.17) is 5.73 Å². The van der Waals surface area contributed by atoms with Gasteiger partial charge in [-0.15, -0.1) is 0 Å². The van der Waals surface area contributed by atoms with Crippen LogP contribution in [0.25, 0.3) is 11.1 Å². The summed E-state index contributed by atoms with van der Waals surface area (Å²) in [6.45, 7) is 0.373. The van der Waals surface area contributed by atoms with Crippen LogP contribution in [0.1, 0.15) is 28.3 Å². The zero-order valence-corrected chi connectivity index (χ0v) is 15.4. The second-order valence-electron chi connectivity index (χ2n) is 6.92. The molecule has 0 radical (unpaired) electrons. The highest BCUT2D eigenvalue weighted by Crippen LogP contribution is 2.40. The lowest BCUT2D eigenvalue weighted by atomic mass is 9.84. The number of amides is 2. The second-order valence-corrected chi connectivity index (χ2v) is 6.92. The van der Waals surface area contributed by atoms with Crippen LogP contribution in [0.15, 0.2) is 67.0 Å². The smallest absolute Gasteiger partial charge is 0.351 e. The Bertz CT molecular complexity index is 1050. The number of primary amides is 1. The summed E-state index contributed by atoms with van der Waals surface area (Å²) in [5.41, 5.74) is 8.70. The molecule has 0 bridgehead atoms. The van der Waals surface area contributed by atoms with Crippen LogP contribution < -0.4 is 5.73 Å². The molecule has 2 amide bonds. The Labute approximate surface area is 165 Å². The molecular weight excluding hydrogens is 379 g/mol. The first-order valence-corrected chi connectivity index (χ1v) is 9.11. The molecule has 0 saturated heterocycles. The zero-order valence-electron chi connectivity index (χ0n) is 15.4. The molecule has 1 aliphatic heterocycles. The van der Waals surface area contributed by atoms with Crippen LogP contribution in [0.4, 0.5) is 18.0 Å². The Balaban J connectivity index is 1.87. The van der Waals surface area contributed by atoms with Crippen molar-refractivity contribution in [3.63, 3.8) is 0 Å². The maximum Gasteiger partial charge on any atom is 0.416 e. The monoisotopic (exact) mass is 397 g/mol. The van der Waals surface area contributed by atoms with Crippen LogP contribution in [-0.4, -0.2) is 22.5 Å². The second kappa shape index (κ2) is 7.24. The largest absolute Gasteiger partial charge is 0.416 e. The Morgan fingerprint density at radius 1 is 1.10 bits per heavy atom. The number of alkyl halides is 3. The number of benzene rings is 2. The Kier molecular flexibility index (Phi) is 4.74. The molecule has 0 fully saturated rings. The number of pyridine rings is 1. The molecule has 1 aliphatic rings. The molecular formula is C22H18F3N3O. The van der Waals surface area contributed by atoms with Crippen molar-refractivity contribution in [2.24, 2.45) is 5.73 Å². The van der Waals surface area contributed by atoms with Gasteiger partial charge in [0, 0.05) is 18.9 Å². The summed E-state index contributed by atoms with van der Waals surface area (Å²) in [4.78, 5) is 17.8. The number of carbonyl (C=O) groups excluding carboxylic acids is 1. The van der Waals surface area contributed by atoms with Crippen molar-refractivity contribution in [2.45, 2.75) is 18.6 Å². The van der Waals surface area contributed by atoms with Crippen LogP contribution in [0, 0.1) is 0 Å². The topological polar surface area (TPSA) is 59.2 Å². The van der Waals surface area contributed by atoms with Crippen molar-refractivity contribution in [1.82, 2.24) is 9.88 Å². The fraction of sp³-hybridized carbons (Fsp3) is 0.182. The number of fused-ring (bicyclic) bond motifs is 1. The van der Waals surface area contributed by atoms with Gasteiger partial charge in [0.05, 0.1) is 11.6 Å². The first-order valence-electron chi connectivity index (χ1n) is 9.11. The van der Waals surface area contributed by atoms with Crippen molar-refractivity contribution < 1.29 is 18.0 Å². The minimum Gasteiger partial charge on any atom is -0.351 e. The molecule has 2 aromatic carbocycles. The van der Waals surface area contributed by atoms with Gasteiger partial charge < -0.3 is 10.6 Å². The summed E-state index contributed by atoms with van der Waals surface area (Å²) < 4.78 is 39.5. The summed E-state index contributed by atoms with van der Waals surface area (Å²) >= 11 is 0. The van der Waals surface area contributed by atoms with E-state index in [0.29, 0.717) is 18.5 Å². The van der Waals surface area contributed by atoms with Crippen molar-refractivity contribution in [1.29, 1.82) is 0 Å². The Morgan fingerprint density at radius 2 is 1.90 bits per heavy atom. The number of rotatable bonds is 2. The highest BCUT2D eigenvalue weighted by Gasteiger charge is 2.33. The van der Waals surface area contributed by atoms with E-state index in [2.05, 4.69) is 4.98 Å². The fourth-order valence-corrected chi connectivity index (χ4v) is 3.94. The molecule has 2 N–H and O–H groups in total. The molecule has 7 heteroatoms. The van der Waals surface area contributed by atoms with E-state index in [9.17, 15) is 18.0 Å². The molecule has 0 aliphatic carbocycles. The SMILES string of the molecule is NC(=O)N1CCc2c(-c3cccc(C(F)(F)F)c3)cccc2C1c1cccnc1. The molecule has 1 unspecified atom stereocenters. The molecule has 0 spiro atoms. The van der Waals surface area contributed by atoms with Crippen LogP contribution in [-0.2, 0) is 12.6 Å². The fourth-order valence-electron chi connectivity index (χ4n) is 3.94. The Hall–Kier alpha value is -3.35. The molecule has 1 aromatic heterocycles. The van der Waals surface area contributed by atoms with E-state index in [1.165, 1.54) is 6.07 Å². The normalized spacial score (nSPS) is 16.4. The van der Waals surface area contributed by atoms with Crippen LogP contribution in [0.2, 0.25) is 0 Å². The van der Waals surface area contributed by atoms with Gasteiger partial charge in [-0.05, 0) is 52.4 Å². The predicted octanol–water partition coefficient (Wildman–Crippen LogP) is 4.79. The van der Waals surface area contributed by atoms with E-state index in [1.54, 1.807) is 35.5 Å². The van der Waals surface area contributed by atoms with Gasteiger partial charge in [-0.3, -0.25) is 4.98 Å². The van der Waals surface area contributed by atoms with E-state index in [1.807, 2.05) is 18.2 Å². The lowest BCUT2D eigenvalue weighted by molar-refractivity contribution is -0.137.